The lowest BCUT2D eigenvalue weighted by atomic mass is 10.2. The van der Waals surface area contributed by atoms with Crippen molar-refractivity contribution in [2.24, 2.45) is 0 Å². The first-order chi connectivity index (χ1) is 15.9. The maximum Gasteiger partial charge on any atom is 0.243 e. The third-order valence-corrected chi connectivity index (χ3v) is 8.42. The number of rotatable bonds is 7. The van der Waals surface area contributed by atoms with Crippen molar-refractivity contribution in [1.29, 1.82) is 0 Å². The molecule has 1 saturated heterocycles. The van der Waals surface area contributed by atoms with Gasteiger partial charge in [0, 0.05) is 18.8 Å². The molecule has 8 nitrogen and oxygen atoms in total. The second-order valence-corrected chi connectivity index (χ2v) is 10.9. The molecule has 1 aliphatic rings. The molecule has 1 amide bonds. The number of nitrogens with one attached hydrogen (secondary N) is 1. The Balaban J connectivity index is 1.39. The fourth-order valence-electron chi connectivity index (χ4n) is 3.82. The van der Waals surface area contributed by atoms with E-state index in [-0.39, 0.29) is 16.6 Å². The summed E-state index contributed by atoms with van der Waals surface area (Å²) < 4.78 is 29.0. The predicted octanol–water partition coefficient (Wildman–Crippen LogP) is 3.79. The van der Waals surface area contributed by atoms with Crippen LogP contribution in [-0.2, 0) is 14.8 Å². The van der Waals surface area contributed by atoms with Gasteiger partial charge < -0.3 is 5.32 Å². The van der Waals surface area contributed by atoms with Gasteiger partial charge in [-0.25, -0.2) is 8.42 Å². The number of aromatic nitrogens is 3. The lowest BCUT2D eigenvalue weighted by Gasteiger charge is -2.25. The Morgan fingerprint density at radius 3 is 2.39 bits per heavy atom. The quantitative estimate of drug-likeness (QED) is 0.512. The zero-order valence-corrected chi connectivity index (χ0v) is 20.3. The molecule has 3 aromatic rings. The molecular weight excluding hydrogens is 458 g/mol. The summed E-state index contributed by atoms with van der Waals surface area (Å²) in [4.78, 5) is 12.8. The highest BCUT2D eigenvalue weighted by Crippen LogP contribution is 2.25. The largest absolute Gasteiger partial charge is 0.325 e. The Hall–Kier alpha value is -2.69. The van der Waals surface area contributed by atoms with Crippen LogP contribution < -0.4 is 5.32 Å². The van der Waals surface area contributed by atoms with Crippen molar-refractivity contribution < 1.29 is 13.2 Å². The standard InChI is InChI=1S/C23H27N5O3S2/c1-17-8-4-5-9-21(17)28-18(2)25-26-23(28)32-16-22(29)24-19-10-12-20(13-11-19)33(30,31)27-14-6-3-7-15-27/h4-5,8-13H,3,6-7,14-16H2,1-2H3,(H,24,29). The van der Waals surface area contributed by atoms with Gasteiger partial charge in [0.25, 0.3) is 0 Å². The Morgan fingerprint density at radius 2 is 1.70 bits per heavy atom. The molecule has 1 aromatic heterocycles. The van der Waals surface area contributed by atoms with Gasteiger partial charge in [-0.3, -0.25) is 9.36 Å². The Kier molecular flexibility index (Phi) is 7.16. The Morgan fingerprint density at radius 1 is 1.00 bits per heavy atom. The average Bonchev–Trinajstić information content (AvgIpc) is 3.19. The SMILES string of the molecule is Cc1ccccc1-n1c(C)nnc1SCC(=O)Nc1ccc(S(=O)(=O)N2CCCCC2)cc1. The maximum atomic E-state index is 12.8. The van der Waals surface area contributed by atoms with Crippen molar-refractivity contribution in [2.45, 2.75) is 43.2 Å². The van der Waals surface area contributed by atoms with Gasteiger partial charge in [0.15, 0.2) is 5.16 Å². The second kappa shape index (κ2) is 10.1. The van der Waals surface area contributed by atoms with E-state index in [0.29, 0.717) is 23.9 Å². The maximum absolute atomic E-state index is 12.8. The number of benzene rings is 2. The van der Waals surface area contributed by atoms with Crippen molar-refractivity contribution in [3.05, 3.63) is 59.9 Å². The molecule has 10 heteroatoms. The van der Waals surface area contributed by atoms with Crippen molar-refractivity contribution in [3.8, 4) is 5.69 Å². The van der Waals surface area contributed by atoms with E-state index in [0.717, 1.165) is 36.3 Å². The monoisotopic (exact) mass is 485 g/mol. The molecule has 4 rings (SSSR count). The molecule has 1 fully saturated rings. The zero-order valence-electron chi connectivity index (χ0n) is 18.7. The minimum atomic E-state index is -3.49. The van der Waals surface area contributed by atoms with Crippen LogP contribution in [0.15, 0.2) is 58.6 Å². The van der Waals surface area contributed by atoms with Crippen LogP contribution in [0.25, 0.3) is 5.69 Å². The van der Waals surface area contributed by atoms with E-state index in [1.54, 1.807) is 24.3 Å². The molecule has 0 radical (unpaired) electrons. The highest BCUT2D eigenvalue weighted by atomic mass is 32.2. The molecule has 2 heterocycles. The first-order valence-electron chi connectivity index (χ1n) is 10.9. The second-order valence-electron chi connectivity index (χ2n) is 7.98. The van der Waals surface area contributed by atoms with E-state index in [1.807, 2.05) is 42.7 Å². The summed E-state index contributed by atoms with van der Waals surface area (Å²) in [7, 11) is -3.49. The number of anilines is 1. The molecule has 1 aliphatic heterocycles. The summed E-state index contributed by atoms with van der Waals surface area (Å²) in [5.41, 5.74) is 2.62. The van der Waals surface area contributed by atoms with E-state index in [4.69, 9.17) is 0 Å². The molecule has 2 aromatic carbocycles. The summed E-state index contributed by atoms with van der Waals surface area (Å²) in [6.07, 6.45) is 2.85. The number of thioether (sulfide) groups is 1. The summed E-state index contributed by atoms with van der Waals surface area (Å²) in [6.45, 7) is 5.02. The number of hydrogen-bond donors (Lipinski definition) is 1. The van der Waals surface area contributed by atoms with Gasteiger partial charge in [-0.05, 0) is 62.6 Å². The van der Waals surface area contributed by atoms with Gasteiger partial charge >= 0.3 is 0 Å². The van der Waals surface area contributed by atoms with E-state index in [2.05, 4.69) is 15.5 Å². The number of amides is 1. The van der Waals surface area contributed by atoms with Crippen LogP contribution in [0, 0.1) is 13.8 Å². The normalized spacial score (nSPS) is 14.8. The number of sulfonamides is 1. The summed E-state index contributed by atoms with van der Waals surface area (Å²) >= 11 is 1.30. The third-order valence-electron chi connectivity index (χ3n) is 5.57. The molecule has 33 heavy (non-hydrogen) atoms. The summed E-state index contributed by atoms with van der Waals surface area (Å²) in [5, 5.41) is 11.8. The number of para-hydroxylation sites is 1. The fourth-order valence-corrected chi connectivity index (χ4v) is 6.13. The minimum Gasteiger partial charge on any atom is -0.325 e. The number of nitrogens with zero attached hydrogens (tertiary/aromatic N) is 4. The Labute approximate surface area is 198 Å². The van der Waals surface area contributed by atoms with Gasteiger partial charge in [-0.15, -0.1) is 10.2 Å². The highest BCUT2D eigenvalue weighted by molar-refractivity contribution is 7.99. The predicted molar refractivity (Wildman–Crippen MR) is 129 cm³/mol. The molecule has 0 aliphatic carbocycles. The van der Waals surface area contributed by atoms with E-state index in [1.165, 1.54) is 16.1 Å². The zero-order chi connectivity index (χ0) is 23.4. The molecule has 0 atom stereocenters. The number of aryl methyl sites for hydroxylation is 2. The molecule has 1 N–H and O–H groups in total. The number of hydrogen-bond acceptors (Lipinski definition) is 6. The molecule has 0 bridgehead atoms. The van der Waals surface area contributed by atoms with E-state index in [9.17, 15) is 13.2 Å². The molecule has 0 unspecified atom stereocenters. The number of carbonyl (C=O) groups is 1. The molecule has 0 spiro atoms. The van der Waals surface area contributed by atoms with E-state index >= 15 is 0 Å². The van der Waals surface area contributed by atoms with Gasteiger partial charge in [-0.2, -0.15) is 4.31 Å². The average molecular weight is 486 g/mol. The Bertz CT molecular complexity index is 1230. The van der Waals surface area contributed by atoms with Gasteiger partial charge in [0.1, 0.15) is 5.82 Å². The van der Waals surface area contributed by atoms with Crippen LogP contribution in [0.3, 0.4) is 0 Å². The van der Waals surface area contributed by atoms with Crippen molar-refractivity contribution in [2.75, 3.05) is 24.2 Å². The van der Waals surface area contributed by atoms with Crippen LogP contribution in [0.5, 0.6) is 0 Å². The summed E-state index contributed by atoms with van der Waals surface area (Å²) in [6, 6.07) is 14.3. The van der Waals surface area contributed by atoms with Crippen LogP contribution >= 0.6 is 11.8 Å². The van der Waals surface area contributed by atoms with Crippen molar-refractivity contribution in [3.63, 3.8) is 0 Å². The number of carbonyl (C=O) groups excluding carboxylic acids is 1. The first kappa shape index (κ1) is 23.5. The van der Waals surface area contributed by atoms with Crippen LogP contribution in [0.4, 0.5) is 5.69 Å². The fraction of sp³-hybridized carbons (Fsp3) is 0.348. The van der Waals surface area contributed by atoms with Crippen LogP contribution in [-0.4, -0.2) is 52.2 Å². The third kappa shape index (κ3) is 5.29. The summed E-state index contributed by atoms with van der Waals surface area (Å²) in [5.74, 6) is 0.694. The van der Waals surface area contributed by atoms with E-state index < -0.39 is 10.0 Å². The lowest BCUT2D eigenvalue weighted by Crippen LogP contribution is -2.35. The van der Waals surface area contributed by atoms with Crippen LogP contribution in [0.2, 0.25) is 0 Å². The number of piperidine rings is 1. The molecule has 0 saturated carbocycles. The smallest absolute Gasteiger partial charge is 0.243 e. The first-order valence-corrected chi connectivity index (χ1v) is 13.3. The lowest BCUT2D eigenvalue weighted by molar-refractivity contribution is -0.113. The van der Waals surface area contributed by atoms with Crippen molar-refractivity contribution >= 4 is 33.4 Å². The topological polar surface area (TPSA) is 97.2 Å². The van der Waals surface area contributed by atoms with Crippen LogP contribution in [0.1, 0.15) is 30.7 Å². The van der Waals surface area contributed by atoms with Gasteiger partial charge in [0.05, 0.1) is 16.3 Å². The highest BCUT2D eigenvalue weighted by Gasteiger charge is 2.25. The van der Waals surface area contributed by atoms with Gasteiger partial charge in [-0.1, -0.05) is 36.4 Å². The van der Waals surface area contributed by atoms with Crippen molar-refractivity contribution in [1.82, 2.24) is 19.1 Å². The molecular formula is C23H27N5O3S2. The molecule has 174 valence electrons. The van der Waals surface area contributed by atoms with Gasteiger partial charge in [0.2, 0.25) is 15.9 Å². The minimum absolute atomic E-state index is 0.151.